The lowest BCUT2D eigenvalue weighted by atomic mass is 9.76. The zero-order valence-electron chi connectivity index (χ0n) is 10.5. The first-order chi connectivity index (χ1) is 8.70. The topological polar surface area (TPSA) is 55.8 Å². The Bertz CT molecular complexity index is 412. The van der Waals surface area contributed by atoms with Gasteiger partial charge in [-0.25, -0.2) is 0 Å². The fourth-order valence-electron chi connectivity index (χ4n) is 2.13. The molecule has 0 spiro atoms. The van der Waals surface area contributed by atoms with Crippen LogP contribution in [0.25, 0.3) is 0 Å². The predicted molar refractivity (Wildman–Crippen MR) is 67.0 cm³/mol. The van der Waals surface area contributed by atoms with Gasteiger partial charge in [-0.2, -0.15) is 0 Å². The van der Waals surface area contributed by atoms with Crippen molar-refractivity contribution in [1.29, 1.82) is 0 Å². The summed E-state index contributed by atoms with van der Waals surface area (Å²) in [5.41, 5.74) is 0. The molecule has 0 aliphatic heterocycles. The first-order valence-corrected chi connectivity index (χ1v) is 6.20. The number of aliphatic carboxylic acids is 1. The fraction of sp³-hybridized carbons (Fsp3) is 0.500. The number of carboxylic acid groups (broad SMARTS) is 1. The summed E-state index contributed by atoms with van der Waals surface area (Å²) in [6.07, 6.45) is 3.13. The van der Waals surface area contributed by atoms with E-state index in [4.69, 9.17) is 9.47 Å². The molecule has 4 nitrogen and oxygen atoms in total. The molecule has 1 aliphatic carbocycles. The molecular weight excluding hydrogens is 232 g/mol. The quantitative estimate of drug-likeness (QED) is 0.843. The first-order valence-electron chi connectivity index (χ1n) is 6.20. The third kappa shape index (κ3) is 2.94. The maximum atomic E-state index is 11.2. The first kappa shape index (κ1) is 12.7. The average molecular weight is 250 g/mol. The average Bonchev–Trinajstić information content (AvgIpc) is 2.31. The van der Waals surface area contributed by atoms with E-state index in [1.54, 1.807) is 13.2 Å². The Morgan fingerprint density at radius 1 is 1.44 bits per heavy atom. The minimum absolute atomic E-state index is 0.229. The van der Waals surface area contributed by atoms with Crippen molar-refractivity contribution in [1.82, 2.24) is 0 Å². The second-order valence-corrected chi connectivity index (χ2v) is 4.63. The Morgan fingerprint density at radius 3 is 2.72 bits per heavy atom. The molecule has 1 N–H and O–H groups in total. The highest BCUT2D eigenvalue weighted by Crippen LogP contribution is 2.34. The Hall–Kier alpha value is -1.71. The summed E-state index contributed by atoms with van der Waals surface area (Å²) < 4.78 is 10.7. The number of carbonyl (C=O) groups is 1. The Labute approximate surface area is 107 Å². The molecule has 0 aromatic heterocycles. The zero-order valence-corrected chi connectivity index (χ0v) is 10.5. The van der Waals surface area contributed by atoms with Gasteiger partial charge in [-0.3, -0.25) is 4.79 Å². The van der Waals surface area contributed by atoms with E-state index in [9.17, 15) is 9.90 Å². The maximum Gasteiger partial charge on any atom is 0.310 e. The van der Waals surface area contributed by atoms with Crippen molar-refractivity contribution in [2.45, 2.75) is 19.3 Å². The van der Waals surface area contributed by atoms with Crippen LogP contribution in [0.4, 0.5) is 0 Å². The molecule has 18 heavy (non-hydrogen) atoms. The van der Waals surface area contributed by atoms with E-state index >= 15 is 0 Å². The SMILES string of the molecule is COc1cccc(OCC(C(=O)O)C2CCC2)c1. The van der Waals surface area contributed by atoms with Gasteiger partial charge in [-0.15, -0.1) is 0 Å². The monoisotopic (exact) mass is 250 g/mol. The zero-order chi connectivity index (χ0) is 13.0. The molecular formula is C14H18O4. The smallest absolute Gasteiger partial charge is 0.310 e. The second-order valence-electron chi connectivity index (χ2n) is 4.63. The highest BCUT2D eigenvalue weighted by Gasteiger charge is 2.33. The fourth-order valence-corrected chi connectivity index (χ4v) is 2.13. The van der Waals surface area contributed by atoms with E-state index in [1.807, 2.05) is 18.2 Å². The van der Waals surface area contributed by atoms with Crippen molar-refractivity contribution < 1.29 is 19.4 Å². The lowest BCUT2D eigenvalue weighted by molar-refractivity contribution is -0.146. The number of carboxylic acids is 1. The highest BCUT2D eigenvalue weighted by molar-refractivity contribution is 5.70. The van der Waals surface area contributed by atoms with Gasteiger partial charge in [0.2, 0.25) is 0 Å². The minimum Gasteiger partial charge on any atom is -0.497 e. The van der Waals surface area contributed by atoms with Crippen LogP contribution < -0.4 is 9.47 Å². The lowest BCUT2D eigenvalue weighted by Gasteiger charge is -2.30. The second kappa shape index (κ2) is 5.76. The summed E-state index contributed by atoms with van der Waals surface area (Å²) in [5, 5.41) is 9.18. The maximum absolute atomic E-state index is 11.2. The molecule has 1 fully saturated rings. The van der Waals surface area contributed by atoms with Crippen LogP contribution in [0, 0.1) is 11.8 Å². The van der Waals surface area contributed by atoms with Crippen LogP contribution >= 0.6 is 0 Å². The Morgan fingerprint density at radius 2 is 2.17 bits per heavy atom. The molecule has 1 aromatic carbocycles. The number of ether oxygens (including phenoxy) is 2. The van der Waals surface area contributed by atoms with E-state index < -0.39 is 11.9 Å². The van der Waals surface area contributed by atoms with E-state index in [-0.39, 0.29) is 12.5 Å². The molecule has 1 unspecified atom stereocenters. The summed E-state index contributed by atoms with van der Waals surface area (Å²) in [5.74, 6) is 0.476. The van der Waals surface area contributed by atoms with E-state index in [0.717, 1.165) is 19.3 Å². The van der Waals surface area contributed by atoms with Gasteiger partial charge in [0, 0.05) is 6.07 Å². The summed E-state index contributed by atoms with van der Waals surface area (Å²) >= 11 is 0. The molecule has 98 valence electrons. The number of methoxy groups -OCH3 is 1. The van der Waals surface area contributed by atoms with Crippen LogP contribution in [-0.4, -0.2) is 24.8 Å². The molecule has 0 heterocycles. The van der Waals surface area contributed by atoms with Crippen molar-refractivity contribution >= 4 is 5.97 Å². The van der Waals surface area contributed by atoms with E-state index in [0.29, 0.717) is 11.5 Å². The van der Waals surface area contributed by atoms with Crippen LogP contribution in [0.1, 0.15) is 19.3 Å². The van der Waals surface area contributed by atoms with Crippen molar-refractivity contribution in [2.24, 2.45) is 11.8 Å². The van der Waals surface area contributed by atoms with Gasteiger partial charge in [-0.1, -0.05) is 12.5 Å². The third-order valence-corrected chi connectivity index (χ3v) is 3.51. The van der Waals surface area contributed by atoms with Crippen molar-refractivity contribution in [3.63, 3.8) is 0 Å². The van der Waals surface area contributed by atoms with Gasteiger partial charge in [0.1, 0.15) is 18.1 Å². The van der Waals surface area contributed by atoms with Gasteiger partial charge >= 0.3 is 5.97 Å². The van der Waals surface area contributed by atoms with Crippen LogP contribution in [0.3, 0.4) is 0 Å². The summed E-state index contributed by atoms with van der Waals surface area (Å²) in [7, 11) is 1.59. The molecule has 0 bridgehead atoms. The standard InChI is InChI=1S/C14H18O4/c1-17-11-6-3-7-12(8-11)18-9-13(14(15)16)10-4-2-5-10/h3,6-8,10,13H,2,4-5,9H2,1H3,(H,15,16). The largest absolute Gasteiger partial charge is 0.497 e. The number of hydrogen-bond acceptors (Lipinski definition) is 3. The summed E-state index contributed by atoms with van der Waals surface area (Å²) in [4.78, 5) is 11.2. The Kier molecular flexibility index (Phi) is 4.07. The molecule has 1 saturated carbocycles. The van der Waals surface area contributed by atoms with Gasteiger partial charge in [-0.05, 0) is 30.9 Å². The van der Waals surface area contributed by atoms with Crippen LogP contribution in [-0.2, 0) is 4.79 Å². The molecule has 0 radical (unpaired) electrons. The van der Waals surface area contributed by atoms with Gasteiger partial charge in [0.15, 0.2) is 0 Å². The van der Waals surface area contributed by atoms with E-state index in [1.165, 1.54) is 0 Å². The highest BCUT2D eigenvalue weighted by atomic mass is 16.5. The van der Waals surface area contributed by atoms with Crippen LogP contribution in [0.15, 0.2) is 24.3 Å². The summed E-state index contributed by atoms with van der Waals surface area (Å²) in [6.45, 7) is 0.229. The lowest BCUT2D eigenvalue weighted by Crippen LogP contribution is -2.33. The van der Waals surface area contributed by atoms with Crippen molar-refractivity contribution in [3.8, 4) is 11.5 Å². The normalized spacial score (nSPS) is 16.7. The molecule has 0 saturated heterocycles. The summed E-state index contributed by atoms with van der Waals surface area (Å²) in [6, 6.07) is 7.22. The number of hydrogen-bond donors (Lipinski definition) is 1. The van der Waals surface area contributed by atoms with Crippen molar-refractivity contribution in [2.75, 3.05) is 13.7 Å². The Balaban J connectivity index is 1.93. The molecule has 2 rings (SSSR count). The number of benzene rings is 1. The molecule has 1 aromatic rings. The molecule has 1 atom stereocenters. The molecule has 1 aliphatic rings. The number of rotatable bonds is 6. The van der Waals surface area contributed by atoms with Crippen LogP contribution in [0.2, 0.25) is 0 Å². The van der Waals surface area contributed by atoms with Gasteiger partial charge in [0.05, 0.1) is 13.0 Å². The van der Waals surface area contributed by atoms with Gasteiger partial charge < -0.3 is 14.6 Å². The van der Waals surface area contributed by atoms with Gasteiger partial charge in [0.25, 0.3) is 0 Å². The third-order valence-electron chi connectivity index (χ3n) is 3.51. The van der Waals surface area contributed by atoms with Crippen molar-refractivity contribution in [3.05, 3.63) is 24.3 Å². The molecule has 0 amide bonds. The van der Waals surface area contributed by atoms with Crippen LogP contribution in [0.5, 0.6) is 11.5 Å². The molecule has 4 heteroatoms. The predicted octanol–water partition coefficient (Wildman–Crippen LogP) is 2.57. The van der Waals surface area contributed by atoms with E-state index in [2.05, 4.69) is 0 Å². The minimum atomic E-state index is -0.761.